The number of benzene rings is 2. The molecule has 1 unspecified atom stereocenters. The number of carbonyl (C=O) groups is 1. The highest BCUT2D eigenvalue weighted by atomic mass is 19.1. The van der Waals surface area contributed by atoms with E-state index in [2.05, 4.69) is 11.9 Å². The van der Waals surface area contributed by atoms with Gasteiger partial charge < -0.3 is 9.88 Å². The summed E-state index contributed by atoms with van der Waals surface area (Å²) in [4.78, 5) is 18.7. The Labute approximate surface area is 165 Å². The van der Waals surface area contributed by atoms with Crippen LogP contribution in [0.25, 0.3) is 10.9 Å². The number of aromatic amines is 1. The summed E-state index contributed by atoms with van der Waals surface area (Å²) in [6, 6.07) is 15.0. The number of aromatic nitrogens is 1. The summed E-state index contributed by atoms with van der Waals surface area (Å²) in [5.41, 5.74) is 2.75. The first kappa shape index (κ1) is 18.7. The zero-order valence-electron chi connectivity index (χ0n) is 16.3. The molecule has 0 aliphatic carbocycles. The number of H-pyrrole nitrogens is 1. The minimum atomic E-state index is -0.257. The maximum absolute atomic E-state index is 14.1. The maximum atomic E-state index is 14.1. The van der Waals surface area contributed by atoms with E-state index < -0.39 is 0 Å². The van der Waals surface area contributed by atoms with Crippen molar-refractivity contribution in [2.24, 2.45) is 5.92 Å². The molecule has 1 aromatic heterocycles. The smallest absolute Gasteiger partial charge is 0.230 e. The van der Waals surface area contributed by atoms with Gasteiger partial charge in [0.1, 0.15) is 5.82 Å². The van der Waals surface area contributed by atoms with E-state index in [0.717, 1.165) is 42.4 Å². The first-order chi connectivity index (χ1) is 13.6. The fraction of sp³-hybridized carbons (Fsp3) is 0.375. The number of aryl methyl sites for hydroxylation is 1. The van der Waals surface area contributed by atoms with Gasteiger partial charge in [-0.3, -0.25) is 4.79 Å². The SMILES string of the molecule is CC1CCN(C(=O)C(CCc2ccccc2F)c2cccc3[nH]ccc23)CC1. The summed E-state index contributed by atoms with van der Waals surface area (Å²) in [7, 11) is 0. The minimum absolute atomic E-state index is 0.178. The highest BCUT2D eigenvalue weighted by Crippen LogP contribution is 2.32. The topological polar surface area (TPSA) is 36.1 Å². The zero-order chi connectivity index (χ0) is 19.5. The first-order valence-corrected chi connectivity index (χ1v) is 10.2. The predicted molar refractivity (Wildman–Crippen MR) is 111 cm³/mol. The standard InChI is InChI=1S/C24H27FN2O/c1-17-12-15-27(16-13-17)24(28)21(10-9-18-5-2-3-7-22(18)25)19-6-4-8-23-20(19)11-14-26-23/h2-8,11,14,17,21,26H,9-10,12-13,15-16H2,1H3. The molecule has 0 saturated carbocycles. The number of carbonyl (C=O) groups excluding carboxylic acids is 1. The number of hydrogen-bond donors (Lipinski definition) is 1. The van der Waals surface area contributed by atoms with Gasteiger partial charge in [-0.15, -0.1) is 0 Å². The van der Waals surface area contributed by atoms with Gasteiger partial charge in [-0.2, -0.15) is 0 Å². The Bertz CT molecular complexity index is 956. The van der Waals surface area contributed by atoms with Gasteiger partial charge in [0.05, 0.1) is 5.92 Å². The number of rotatable bonds is 5. The highest BCUT2D eigenvalue weighted by Gasteiger charge is 2.29. The van der Waals surface area contributed by atoms with Crippen molar-refractivity contribution in [3.63, 3.8) is 0 Å². The van der Waals surface area contributed by atoms with Gasteiger partial charge in [0.15, 0.2) is 0 Å². The lowest BCUT2D eigenvalue weighted by molar-refractivity contribution is -0.134. The number of fused-ring (bicyclic) bond motifs is 1. The lowest BCUT2D eigenvalue weighted by atomic mass is 9.88. The Morgan fingerprint density at radius 2 is 1.93 bits per heavy atom. The fourth-order valence-corrected chi connectivity index (χ4v) is 4.28. The number of halogens is 1. The quantitative estimate of drug-likeness (QED) is 0.644. The number of hydrogen-bond acceptors (Lipinski definition) is 1. The van der Waals surface area contributed by atoms with Crippen molar-refractivity contribution in [3.8, 4) is 0 Å². The van der Waals surface area contributed by atoms with E-state index in [1.54, 1.807) is 6.07 Å². The molecule has 4 rings (SSSR count). The molecule has 0 spiro atoms. The van der Waals surface area contributed by atoms with Gasteiger partial charge in [-0.1, -0.05) is 37.3 Å². The molecule has 1 N–H and O–H groups in total. The van der Waals surface area contributed by atoms with E-state index in [1.807, 2.05) is 47.5 Å². The predicted octanol–water partition coefficient (Wildman–Crippen LogP) is 5.28. The van der Waals surface area contributed by atoms with Gasteiger partial charge in [0, 0.05) is 30.2 Å². The minimum Gasteiger partial charge on any atom is -0.361 e. The van der Waals surface area contributed by atoms with E-state index in [1.165, 1.54) is 6.07 Å². The van der Waals surface area contributed by atoms with Crippen LogP contribution in [0.3, 0.4) is 0 Å². The van der Waals surface area contributed by atoms with Gasteiger partial charge in [0.25, 0.3) is 0 Å². The fourth-order valence-electron chi connectivity index (χ4n) is 4.28. The van der Waals surface area contributed by atoms with Crippen molar-refractivity contribution in [2.45, 2.75) is 38.5 Å². The number of likely N-dealkylation sites (tertiary alicyclic amines) is 1. The van der Waals surface area contributed by atoms with E-state index in [4.69, 9.17) is 0 Å². The molecule has 1 saturated heterocycles. The molecule has 1 atom stereocenters. The Kier molecular flexibility index (Phi) is 5.47. The van der Waals surface area contributed by atoms with E-state index in [-0.39, 0.29) is 17.6 Å². The summed E-state index contributed by atoms with van der Waals surface area (Å²) >= 11 is 0. The molecule has 0 radical (unpaired) electrons. The van der Waals surface area contributed by atoms with Gasteiger partial charge in [-0.25, -0.2) is 4.39 Å². The molecule has 1 aliphatic heterocycles. The van der Waals surface area contributed by atoms with Crippen LogP contribution in [0.2, 0.25) is 0 Å². The molecule has 2 aromatic carbocycles. The largest absolute Gasteiger partial charge is 0.361 e. The van der Waals surface area contributed by atoms with Gasteiger partial charge in [0.2, 0.25) is 5.91 Å². The second kappa shape index (κ2) is 8.17. The monoisotopic (exact) mass is 378 g/mol. The second-order valence-electron chi connectivity index (χ2n) is 7.98. The molecule has 2 heterocycles. The third kappa shape index (κ3) is 3.82. The van der Waals surface area contributed by atoms with Crippen LogP contribution in [0.4, 0.5) is 4.39 Å². The molecule has 3 nitrogen and oxygen atoms in total. The molecular formula is C24H27FN2O. The van der Waals surface area contributed by atoms with Crippen LogP contribution in [0, 0.1) is 11.7 Å². The van der Waals surface area contributed by atoms with Crippen molar-refractivity contribution in [1.82, 2.24) is 9.88 Å². The zero-order valence-corrected chi connectivity index (χ0v) is 16.3. The molecule has 1 fully saturated rings. The maximum Gasteiger partial charge on any atom is 0.230 e. The van der Waals surface area contributed by atoms with Crippen LogP contribution in [0.5, 0.6) is 0 Å². The molecule has 1 aliphatic rings. The van der Waals surface area contributed by atoms with Crippen LogP contribution in [-0.2, 0) is 11.2 Å². The normalized spacial score (nSPS) is 16.4. The number of piperidine rings is 1. The Hall–Kier alpha value is -2.62. The Balaban J connectivity index is 1.63. The summed E-state index contributed by atoms with van der Waals surface area (Å²) < 4.78 is 14.1. The van der Waals surface area contributed by atoms with Crippen LogP contribution < -0.4 is 0 Å². The molecular weight excluding hydrogens is 351 g/mol. The highest BCUT2D eigenvalue weighted by molar-refractivity contribution is 5.91. The van der Waals surface area contributed by atoms with Crippen molar-refractivity contribution in [3.05, 3.63) is 71.7 Å². The molecule has 28 heavy (non-hydrogen) atoms. The summed E-state index contributed by atoms with van der Waals surface area (Å²) in [6.07, 6.45) is 5.18. The third-order valence-electron chi connectivity index (χ3n) is 6.06. The van der Waals surface area contributed by atoms with Crippen molar-refractivity contribution < 1.29 is 9.18 Å². The van der Waals surface area contributed by atoms with Crippen molar-refractivity contribution >= 4 is 16.8 Å². The van der Waals surface area contributed by atoms with Gasteiger partial charge >= 0.3 is 0 Å². The van der Waals surface area contributed by atoms with Crippen LogP contribution in [0.15, 0.2) is 54.7 Å². The van der Waals surface area contributed by atoms with E-state index in [9.17, 15) is 9.18 Å². The number of nitrogens with one attached hydrogen (secondary N) is 1. The van der Waals surface area contributed by atoms with Crippen LogP contribution in [-0.4, -0.2) is 28.9 Å². The Morgan fingerprint density at radius 1 is 1.14 bits per heavy atom. The summed E-state index contributed by atoms with van der Waals surface area (Å²) in [5.74, 6) is 0.402. The van der Waals surface area contributed by atoms with Gasteiger partial charge in [-0.05, 0) is 60.9 Å². The van der Waals surface area contributed by atoms with E-state index in [0.29, 0.717) is 24.3 Å². The van der Waals surface area contributed by atoms with Crippen LogP contribution >= 0.6 is 0 Å². The average Bonchev–Trinajstić information content (AvgIpc) is 3.19. The molecule has 1 amide bonds. The summed E-state index contributed by atoms with van der Waals surface area (Å²) in [5, 5.41) is 1.08. The van der Waals surface area contributed by atoms with Crippen molar-refractivity contribution in [2.75, 3.05) is 13.1 Å². The lowest BCUT2D eigenvalue weighted by Gasteiger charge is -2.33. The molecule has 3 aromatic rings. The summed E-state index contributed by atoms with van der Waals surface area (Å²) in [6.45, 7) is 3.89. The Morgan fingerprint density at radius 3 is 2.71 bits per heavy atom. The molecule has 4 heteroatoms. The van der Waals surface area contributed by atoms with Crippen molar-refractivity contribution in [1.29, 1.82) is 0 Å². The molecule has 146 valence electrons. The first-order valence-electron chi connectivity index (χ1n) is 10.2. The van der Waals surface area contributed by atoms with E-state index >= 15 is 0 Å². The second-order valence-corrected chi connectivity index (χ2v) is 7.98. The lowest BCUT2D eigenvalue weighted by Crippen LogP contribution is -2.40. The number of amides is 1. The molecule has 0 bridgehead atoms. The third-order valence-corrected chi connectivity index (χ3v) is 6.06. The number of nitrogens with zero attached hydrogens (tertiary/aromatic N) is 1. The average molecular weight is 378 g/mol. The van der Waals surface area contributed by atoms with Crippen LogP contribution in [0.1, 0.15) is 43.2 Å².